The minimum Gasteiger partial charge on any atom is -0.491 e. The summed E-state index contributed by atoms with van der Waals surface area (Å²) in [5.74, 6) is 0.334. The lowest BCUT2D eigenvalue weighted by molar-refractivity contribution is -0.389. The summed E-state index contributed by atoms with van der Waals surface area (Å²) in [4.78, 5) is 13.5. The van der Waals surface area contributed by atoms with E-state index in [1.807, 2.05) is 0 Å². The molecule has 0 aliphatic rings. The van der Waals surface area contributed by atoms with Crippen LogP contribution in [0.2, 0.25) is 5.02 Å². The second kappa shape index (κ2) is 6.36. The molecule has 1 atom stereocenters. The molecule has 7 nitrogen and oxygen atoms in total. The minimum atomic E-state index is -0.806. The van der Waals surface area contributed by atoms with Gasteiger partial charge in [-0.2, -0.15) is 0 Å². The van der Waals surface area contributed by atoms with Crippen LogP contribution in [0.25, 0.3) is 0 Å². The van der Waals surface area contributed by atoms with Crippen molar-refractivity contribution in [3.63, 3.8) is 0 Å². The summed E-state index contributed by atoms with van der Waals surface area (Å²) in [7, 11) is 0. The second-order valence-electron chi connectivity index (χ2n) is 4.10. The van der Waals surface area contributed by atoms with Gasteiger partial charge in [0, 0.05) is 5.02 Å². The van der Waals surface area contributed by atoms with E-state index in [1.165, 1.54) is 17.1 Å². The van der Waals surface area contributed by atoms with Gasteiger partial charge < -0.3 is 24.5 Å². The number of rotatable bonds is 6. The maximum Gasteiger partial charge on any atom is 0.381 e. The van der Waals surface area contributed by atoms with E-state index in [2.05, 4.69) is 4.98 Å². The van der Waals surface area contributed by atoms with Gasteiger partial charge in [-0.1, -0.05) is 11.6 Å². The lowest BCUT2D eigenvalue weighted by atomic mass is 10.3. The molecule has 0 bridgehead atoms. The van der Waals surface area contributed by atoms with Gasteiger partial charge in [-0.25, -0.2) is 0 Å². The molecule has 20 heavy (non-hydrogen) atoms. The Balaban J connectivity index is 1.84. The first kappa shape index (κ1) is 14.3. The fourth-order valence-corrected chi connectivity index (χ4v) is 1.69. The molecule has 1 aromatic heterocycles. The standard InChI is InChI=1S/C12H12ClN3O4/c13-9-1-3-11(4-2-9)20-7-10(17)5-15-6-12(14-8-15)16(18)19/h1-4,6,8,10,17H,5,7H2. The molecule has 0 saturated heterocycles. The van der Waals surface area contributed by atoms with E-state index >= 15 is 0 Å². The number of nitro groups is 1. The minimum absolute atomic E-state index is 0.0631. The summed E-state index contributed by atoms with van der Waals surface area (Å²) in [5, 5.41) is 20.9. The van der Waals surface area contributed by atoms with Crippen molar-refractivity contribution in [2.24, 2.45) is 0 Å². The summed E-state index contributed by atoms with van der Waals surface area (Å²) in [5.41, 5.74) is 0. The third-order valence-corrected chi connectivity index (χ3v) is 2.74. The molecule has 1 unspecified atom stereocenters. The van der Waals surface area contributed by atoms with E-state index in [0.29, 0.717) is 10.8 Å². The average Bonchev–Trinajstić information content (AvgIpc) is 2.87. The first-order valence-corrected chi connectivity index (χ1v) is 6.15. The molecule has 0 aliphatic carbocycles. The van der Waals surface area contributed by atoms with Gasteiger partial charge in [0.2, 0.25) is 6.33 Å². The highest BCUT2D eigenvalue weighted by molar-refractivity contribution is 6.30. The number of hydrogen-bond donors (Lipinski definition) is 1. The molecule has 0 fully saturated rings. The van der Waals surface area contributed by atoms with Crippen molar-refractivity contribution in [2.75, 3.05) is 6.61 Å². The van der Waals surface area contributed by atoms with Crippen molar-refractivity contribution in [2.45, 2.75) is 12.6 Å². The van der Waals surface area contributed by atoms with E-state index in [9.17, 15) is 15.2 Å². The van der Waals surface area contributed by atoms with E-state index < -0.39 is 11.0 Å². The van der Waals surface area contributed by atoms with Crippen LogP contribution in [-0.4, -0.2) is 32.3 Å². The van der Waals surface area contributed by atoms with Gasteiger partial charge in [-0.15, -0.1) is 0 Å². The van der Waals surface area contributed by atoms with Crippen molar-refractivity contribution in [1.29, 1.82) is 0 Å². The number of benzene rings is 1. The van der Waals surface area contributed by atoms with Crippen LogP contribution in [0.5, 0.6) is 5.75 Å². The fourth-order valence-electron chi connectivity index (χ4n) is 1.56. The average molecular weight is 298 g/mol. The smallest absolute Gasteiger partial charge is 0.381 e. The number of hydrogen-bond acceptors (Lipinski definition) is 5. The van der Waals surface area contributed by atoms with Gasteiger partial charge in [0.05, 0.1) is 6.54 Å². The van der Waals surface area contributed by atoms with Crippen molar-refractivity contribution in [1.82, 2.24) is 9.55 Å². The maximum absolute atomic E-state index is 10.5. The van der Waals surface area contributed by atoms with E-state index in [0.717, 1.165) is 0 Å². The van der Waals surface area contributed by atoms with Crippen LogP contribution in [0.15, 0.2) is 36.8 Å². The normalized spacial score (nSPS) is 12.1. The number of aliphatic hydroxyl groups is 1. The van der Waals surface area contributed by atoms with Crippen LogP contribution in [-0.2, 0) is 6.54 Å². The number of nitrogens with zero attached hydrogens (tertiary/aromatic N) is 3. The molecule has 1 heterocycles. The number of aromatic nitrogens is 2. The van der Waals surface area contributed by atoms with Crippen LogP contribution in [0, 0.1) is 10.1 Å². The number of imidazole rings is 1. The summed E-state index contributed by atoms with van der Waals surface area (Å²) >= 11 is 5.74. The molecule has 2 aromatic rings. The van der Waals surface area contributed by atoms with E-state index in [-0.39, 0.29) is 19.0 Å². The molecule has 0 aliphatic heterocycles. The van der Waals surface area contributed by atoms with Crippen molar-refractivity contribution in [3.8, 4) is 5.75 Å². The lowest BCUT2D eigenvalue weighted by Crippen LogP contribution is -2.22. The zero-order valence-electron chi connectivity index (χ0n) is 10.3. The van der Waals surface area contributed by atoms with Gasteiger partial charge >= 0.3 is 5.82 Å². The Bertz CT molecular complexity index is 585. The lowest BCUT2D eigenvalue weighted by Gasteiger charge is -2.12. The molecular formula is C12H12ClN3O4. The summed E-state index contributed by atoms with van der Waals surface area (Å²) in [6, 6.07) is 6.75. The van der Waals surface area contributed by atoms with E-state index in [1.54, 1.807) is 24.3 Å². The van der Waals surface area contributed by atoms with Crippen molar-refractivity contribution < 1.29 is 14.8 Å². The third kappa shape index (κ3) is 3.94. The second-order valence-corrected chi connectivity index (χ2v) is 4.54. The Labute approximate surface area is 119 Å². The Morgan fingerprint density at radius 1 is 1.45 bits per heavy atom. The van der Waals surface area contributed by atoms with Gasteiger partial charge in [-0.05, 0) is 34.2 Å². The number of ether oxygens (including phenoxy) is 1. The Morgan fingerprint density at radius 2 is 2.15 bits per heavy atom. The fraction of sp³-hybridized carbons (Fsp3) is 0.250. The highest BCUT2D eigenvalue weighted by atomic mass is 35.5. The van der Waals surface area contributed by atoms with Crippen LogP contribution in [0.3, 0.4) is 0 Å². The summed E-state index contributed by atoms with van der Waals surface area (Å²) in [6.07, 6.45) is 1.74. The molecule has 2 rings (SSSR count). The summed E-state index contributed by atoms with van der Waals surface area (Å²) < 4.78 is 6.81. The first-order chi connectivity index (χ1) is 9.54. The Kier molecular flexibility index (Phi) is 4.54. The quantitative estimate of drug-likeness (QED) is 0.649. The van der Waals surface area contributed by atoms with Crippen LogP contribution in [0.4, 0.5) is 5.82 Å². The van der Waals surface area contributed by atoms with Crippen LogP contribution in [0.1, 0.15) is 0 Å². The monoisotopic (exact) mass is 297 g/mol. The zero-order chi connectivity index (χ0) is 14.5. The molecule has 8 heteroatoms. The predicted octanol–water partition coefficient (Wildman–Crippen LogP) is 1.88. The Hall–Kier alpha value is -2.12. The molecule has 106 valence electrons. The van der Waals surface area contributed by atoms with Gasteiger partial charge in [0.25, 0.3) is 0 Å². The van der Waals surface area contributed by atoms with Crippen molar-refractivity contribution >= 4 is 17.4 Å². The summed E-state index contributed by atoms with van der Waals surface area (Å²) in [6.45, 7) is 0.224. The number of halogens is 1. The van der Waals surface area contributed by atoms with Crippen LogP contribution < -0.4 is 4.74 Å². The van der Waals surface area contributed by atoms with Crippen LogP contribution >= 0.6 is 11.6 Å². The largest absolute Gasteiger partial charge is 0.491 e. The highest BCUT2D eigenvalue weighted by Gasteiger charge is 2.13. The Morgan fingerprint density at radius 3 is 2.75 bits per heavy atom. The molecule has 0 saturated carbocycles. The molecule has 0 radical (unpaired) electrons. The van der Waals surface area contributed by atoms with Gasteiger partial charge in [0.15, 0.2) is 0 Å². The topological polar surface area (TPSA) is 90.4 Å². The maximum atomic E-state index is 10.5. The molecule has 0 spiro atoms. The first-order valence-electron chi connectivity index (χ1n) is 5.77. The van der Waals surface area contributed by atoms with Gasteiger partial charge in [0.1, 0.15) is 24.7 Å². The third-order valence-electron chi connectivity index (χ3n) is 2.48. The SMILES string of the molecule is O=[N+]([O-])c1cn(CC(O)COc2ccc(Cl)cc2)cn1. The zero-order valence-corrected chi connectivity index (χ0v) is 11.1. The highest BCUT2D eigenvalue weighted by Crippen LogP contribution is 2.15. The van der Waals surface area contributed by atoms with Crippen molar-refractivity contribution in [3.05, 3.63) is 51.9 Å². The van der Waals surface area contributed by atoms with E-state index in [4.69, 9.17) is 16.3 Å². The predicted molar refractivity (Wildman–Crippen MR) is 71.8 cm³/mol. The van der Waals surface area contributed by atoms with Gasteiger partial charge in [-0.3, -0.25) is 0 Å². The number of aliphatic hydroxyl groups excluding tert-OH is 1. The molecule has 1 aromatic carbocycles. The molecule has 1 N–H and O–H groups in total. The molecule has 0 amide bonds. The molecular weight excluding hydrogens is 286 g/mol.